The van der Waals surface area contributed by atoms with Gasteiger partial charge in [0.2, 0.25) is 0 Å². The zero-order chi connectivity index (χ0) is 14.9. The first-order valence-corrected chi connectivity index (χ1v) is 7.83. The smallest absolute Gasteiger partial charge is 0.0470 e. The van der Waals surface area contributed by atoms with Crippen molar-refractivity contribution in [3.05, 3.63) is 34.9 Å². The van der Waals surface area contributed by atoms with Crippen molar-refractivity contribution in [3.8, 4) is 0 Å². The normalized spacial score (nSPS) is 22.2. The fourth-order valence-corrected chi connectivity index (χ4v) is 3.48. The van der Waals surface area contributed by atoms with Gasteiger partial charge >= 0.3 is 0 Å². The topological polar surface area (TPSA) is 29.3 Å². The summed E-state index contributed by atoms with van der Waals surface area (Å²) in [4.78, 5) is 2.59. The monoisotopic (exact) mass is 274 g/mol. The lowest BCUT2D eigenvalue weighted by atomic mass is 9.80. The molecule has 1 saturated heterocycles. The van der Waals surface area contributed by atoms with Crippen LogP contribution in [-0.2, 0) is 0 Å². The first-order chi connectivity index (χ1) is 9.31. The van der Waals surface area contributed by atoms with E-state index in [1.54, 1.807) is 0 Å². The van der Waals surface area contributed by atoms with Crippen molar-refractivity contribution in [2.45, 2.75) is 47.1 Å². The molecule has 0 aliphatic carbocycles. The van der Waals surface area contributed by atoms with E-state index in [1.165, 1.54) is 36.2 Å². The zero-order valence-electron chi connectivity index (χ0n) is 13.7. The summed E-state index contributed by atoms with van der Waals surface area (Å²) >= 11 is 0. The van der Waals surface area contributed by atoms with E-state index in [0.29, 0.717) is 18.0 Å². The first-order valence-electron chi connectivity index (χ1n) is 7.83. The Morgan fingerprint density at radius 2 is 1.80 bits per heavy atom. The molecule has 2 heteroatoms. The highest BCUT2D eigenvalue weighted by Crippen LogP contribution is 2.37. The van der Waals surface area contributed by atoms with Gasteiger partial charge in [0.1, 0.15) is 0 Å². The summed E-state index contributed by atoms with van der Waals surface area (Å²) in [5, 5.41) is 0. The molecule has 112 valence electrons. The molecule has 0 bridgehead atoms. The minimum absolute atomic E-state index is 0.376. The highest BCUT2D eigenvalue weighted by Gasteiger charge is 2.34. The van der Waals surface area contributed by atoms with E-state index in [4.69, 9.17) is 5.73 Å². The summed E-state index contributed by atoms with van der Waals surface area (Å²) in [6, 6.07) is 7.21. The van der Waals surface area contributed by atoms with Gasteiger partial charge in [0.05, 0.1) is 0 Å². The highest BCUT2D eigenvalue weighted by atomic mass is 15.2. The molecule has 1 aliphatic rings. The standard InChI is InChI=1S/C18H30N2/c1-13-8-14(2)10-15(9-13)17(11-19)20-7-6-16(12-20)18(3,4)5/h8-10,16-17H,6-7,11-12,19H2,1-5H3. The summed E-state index contributed by atoms with van der Waals surface area (Å²) in [5.74, 6) is 0.780. The maximum Gasteiger partial charge on any atom is 0.0470 e. The molecule has 1 fully saturated rings. The van der Waals surface area contributed by atoms with Gasteiger partial charge < -0.3 is 5.73 Å². The molecule has 1 aliphatic heterocycles. The Balaban J connectivity index is 2.17. The number of hydrogen-bond acceptors (Lipinski definition) is 2. The van der Waals surface area contributed by atoms with E-state index in [-0.39, 0.29) is 0 Å². The molecule has 0 radical (unpaired) electrons. The lowest BCUT2D eigenvalue weighted by Crippen LogP contribution is -2.33. The Kier molecular flexibility index (Phi) is 4.55. The summed E-state index contributed by atoms with van der Waals surface area (Å²) in [7, 11) is 0. The average molecular weight is 274 g/mol. The zero-order valence-corrected chi connectivity index (χ0v) is 13.7. The summed E-state index contributed by atoms with van der Waals surface area (Å²) in [5.41, 5.74) is 10.6. The minimum atomic E-state index is 0.376. The van der Waals surface area contributed by atoms with Gasteiger partial charge in [-0.05, 0) is 43.7 Å². The Bertz CT molecular complexity index is 439. The van der Waals surface area contributed by atoms with Crippen LogP contribution in [0.1, 0.15) is 49.9 Å². The Morgan fingerprint density at radius 3 is 2.25 bits per heavy atom. The van der Waals surface area contributed by atoms with Crippen molar-refractivity contribution < 1.29 is 0 Å². The van der Waals surface area contributed by atoms with Crippen LogP contribution in [0.2, 0.25) is 0 Å². The van der Waals surface area contributed by atoms with E-state index >= 15 is 0 Å². The summed E-state index contributed by atoms with van der Waals surface area (Å²) < 4.78 is 0. The van der Waals surface area contributed by atoms with Gasteiger partial charge in [-0.25, -0.2) is 0 Å². The van der Waals surface area contributed by atoms with Crippen molar-refractivity contribution in [1.82, 2.24) is 4.90 Å². The number of hydrogen-bond donors (Lipinski definition) is 1. The second-order valence-electron chi connectivity index (χ2n) is 7.52. The molecule has 0 spiro atoms. The molecule has 2 unspecified atom stereocenters. The fourth-order valence-electron chi connectivity index (χ4n) is 3.48. The van der Waals surface area contributed by atoms with Crippen molar-refractivity contribution in [2.24, 2.45) is 17.1 Å². The minimum Gasteiger partial charge on any atom is -0.329 e. The van der Waals surface area contributed by atoms with Crippen LogP contribution in [0.5, 0.6) is 0 Å². The largest absolute Gasteiger partial charge is 0.329 e. The number of benzene rings is 1. The second kappa shape index (κ2) is 5.87. The van der Waals surface area contributed by atoms with E-state index < -0.39 is 0 Å². The van der Waals surface area contributed by atoms with Crippen LogP contribution in [-0.4, -0.2) is 24.5 Å². The van der Waals surface area contributed by atoms with Gasteiger partial charge in [-0.3, -0.25) is 4.90 Å². The third kappa shape index (κ3) is 3.42. The number of nitrogens with zero attached hydrogens (tertiary/aromatic N) is 1. The predicted octanol–water partition coefficient (Wildman–Crippen LogP) is 3.67. The molecule has 2 atom stereocenters. The third-order valence-electron chi connectivity index (χ3n) is 4.74. The van der Waals surface area contributed by atoms with Crippen molar-refractivity contribution in [3.63, 3.8) is 0 Å². The van der Waals surface area contributed by atoms with E-state index in [2.05, 4.69) is 57.7 Å². The molecular weight excluding hydrogens is 244 g/mol. The Morgan fingerprint density at radius 1 is 1.20 bits per heavy atom. The molecule has 1 heterocycles. The molecule has 0 aromatic heterocycles. The molecular formula is C18H30N2. The number of rotatable bonds is 3. The third-order valence-corrected chi connectivity index (χ3v) is 4.74. The number of nitrogens with two attached hydrogens (primary N) is 1. The SMILES string of the molecule is Cc1cc(C)cc(C(CN)N2CCC(C(C)(C)C)C2)c1. The van der Waals surface area contributed by atoms with Gasteiger partial charge in [-0.15, -0.1) is 0 Å². The van der Waals surface area contributed by atoms with Crippen LogP contribution in [0.4, 0.5) is 0 Å². The van der Waals surface area contributed by atoms with E-state index in [0.717, 1.165) is 5.92 Å². The lowest BCUT2D eigenvalue weighted by molar-refractivity contribution is 0.197. The molecule has 0 saturated carbocycles. The van der Waals surface area contributed by atoms with Crippen LogP contribution in [0, 0.1) is 25.2 Å². The van der Waals surface area contributed by atoms with Crippen molar-refractivity contribution in [2.75, 3.05) is 19.6 Å². The van der Waals surface area contributed by atoms with Gasteiger partial charge in [-0.1, -0.05) is 50.1 Å². The lowest BCUT2D eigenvalue weighted by Gasteiger charge is -2.31. The first kappa shape index (κ1) is 15.5. The predicted molar refractivity (Wildman–Crippen MR) is 86.8 cm³/mol. The molecule has 2 rings (SSSR count). The highest BCUT2D eigenvalue weighted by molar-refractivity contribution is 5.31. The van der Waals surface area contributed by atoms with E-state index in [1.807, 2.05) is 0 Å². The maximum atomic E-state index is 6.10. The summed E-state index contributed by atoms with van der Waals surface area (Å²) in [6.45, 7) is 14.5. The number of aryl methyl sites for hydroxylation is 2. The maximum absolute atomic E-state index is 6.10. The van der Waals surface area contributed by atoms with Gasteiger partial charge in [0, 0.05) is 19.1 Å². The summed E-state index contributed by atoms with van der Waals surface area (Å²) in [6.07, 6.45) is 1.30. The van der Waals surface area contributed by atoms with Crippen molar-refractivity contribution in [1.29, 1.82) is 0 Å². The Labute approximate surface area is 124 Å². The van der Waals surface area contributed by atoms with Crippen LogP contribution in [0.25, 0.3) is 0 Å². The van der Waals surface area contributed by atoms with Gasteiger partial charge in [-0.2, -0.15) is 0 Å². The molecule has 2 nitrogen and oxygen atoms in total. The van der Waals surface area contributed by atoms with Crippen LogP contribution in [0.15, 0.2) is 18.2 Å². The fraction of sp³-hybridized carbons (Fsp3) is 0.667. The quantitative estimate of drug-likeness (QED) is 0.911. The van der Waals surface area contributed by atoms with Gasteiger partial charge in [0.25, 0.3) is 0 Å². The molecule has 20 heavy (non-hydrogen) atoms. The molecule has 0 amide bonds. The van der Waals surface area contributed by atoms with Crippen LogP contribution < -0.4 is 5.73 Å². The molecule has 1 aromatic rings. The second-order valence-corrected chi connectivity index (χ2v) is 7.52. The van der Waals surface area contributed by atoms with Crippen LogP contribution in [0.3, 0.4) is 0 Å². The van der Waals surface area contributed by atoms with Gasteiger partial charge in [0.15, 0.2) is 0 Å². The number of likely N-dealkylation sites (tertiary alicyclic amines) is 1. The molecule has 1 aromatic carbocycles. The van der Waals surface area contributed by atoms with Crippen molar-refractivity contribution >= 4 is 0 Å². The molecule has 2 N–H and O–H groups in total. The average Bonchev–Trinajstić information content (AvgIpc) is 2.77. The Hall–Kier alpha value is -0.860. The van der Waals surface area contributed by atoms with E-state index in [9.17, 15) is 0 Å². The van der Waals surface area contributed by atoms with Crippen LogP contribution >= 0.6 is 0 Å².